The molecule has 0 atom stereocenters. The predicted octanol–water partition coefficient (Wildman–Crippen LogP) is 4.51. The summed E-state index contributed by atoms with van der Waals surface area (Å²) in [6.07, 6.45) is 0. The van der Waals surface area contributed by atoms with Crippen LogP contribution in [0.25, 0.3) is 0 Å². The van der Waals surface area contributed by atoms with Gasteiger partial charge in [0.25, 0.3) is 0 Å². The quantitative estimate of drug-likeness (QED) is 0.585. The fraction of sp³-hybridized carbons (Fsp3) is 0.381. The number of rotatable bonds is 10. The van der Waals surface area contributed by atoms with Gasteiger partial charge in [-0.3, -0.25) is 4.79 Å². The molecule has 0 bridgehead atoms. The van der Waals surface area contributed by atoms with Crippen molar-refractivity contribution in [1.29, 1.82) is 0 Å². The second-order valence-electron chi connectivity index (χ2n) is 5.36. The Bertz CT molecular complexity index is 739. The van der Waals surface area contributed by atoms with E-state index in [0.717, 1.165) is 0 Å². The van der Waals surface area contributed by atoms with E-state index >= 15 is 0 Å². The highest BCUT2D eigenvalue weighted by atomic mass is 16.5. The standard InChI is InChI=1S/C21H26O5/c1-5-23-17-13-12-15(14-19(17)25-7-3)20(22)16-10-9-11-18(24-6-2)21(16)26-8-4/h9-14H,5-8H2,1-4H3. The van der Waals surface area contributed by atoms with Crippen molar-refractivity contribution >= 4 is 5.78 Å². The summed E-state index contributed by atoms with van der Waals surface area (Å²) in [5.41, 5.74) is 0.968. The van der Waals surface area contributed by atoms with Crippen molar-refractivity contribution in [3.8, 4) is 23.0 Å². The zero-order valence-corrected chi connectivity index (χ0v) is 15.8. The van der Waals surface area contributed by atoms with Crippen molar-refractivity contribution in [3.63, 3.8) is 0 Å². The van der Waals surface area contributed by atoms with Gasteiger partial charge in [0.1, 0.15) is 0 Å². The predicted molar refractivity (Wildman–Crippen MR) is 101 cm³/mol. The van der Waals surface area contributed by atoms with Crippen LogP contribution in [0.4, 0.5) is 0 Å². The maximum atomic E-state index is 13.1. The molecule has 5 nitrogen and oxygen atoms in total. The molecule has 0 aliphatic heterocycles. The molecule has 0 heterocycles. The Kier molecular flexibility index (Phi) is 7.33. The molecule has 0 radical (unpaired) electrons. The Morgan fingerprint density at radius 2 is 1.35 bits per heavy atom. The molecule has 0 aromatic heterocycles. The van der Waals surface area contributed by atoms with Crippen molar-refractivity contribution in [1.82, 2.24) is 0 Å². The van der Waals surface area contributed by atoms with Crippen LogP contribution in [0.2, 0.25) is 0 Å². The summed E-state index contributed by atoms with van der Waals surface area (Å²) in [5.74, 6) is 2.06. The zero-order chi connectivity index (χ0) is 18.9. The normalized spacial score (nSPS) is 10.3. The Balaban J connectivity index is 2.45. The lowest BCUT2D eigenvalue weighted by molar-refractivity contribution is 0.103. The minimum atomic E-state index is -0.154. The van der Waals surface area contributed by atoms with Gasteiger partial charge in [0.2, 0.25) is 0 Å². The Morgan fingerprint density at radius 3 is 2.00 bits per heavy atom. The molecule has 0 unspecified atom stereocenters. The number of hydrogen-bond donors (Lipinski definition) is 0. The smallest absolute Gasteiger partial charge is 0.197 e. The molecule has 140 valence electrons. The summed E-state index contributed by atoms with van der Waals surface area (Å²) < 4.78 is 22.5. The van der Waals surface area contributed by atoms with Crippen molar-refractivity contribution in [2.24, 2.45) is 0 Å². The summed E-state index contributed by atoms with van der Waals surface area (Å²) in [7, 11) is 0. The topological polar surface area (TPSA) is 54.0 Å². The van der Waals surface area contributed by atoms with Crippen molar-refractivity contribution < 1.29 is 23.7 Å². The second kappa shape index (κ2) is 9.70. The number of ether oxygens (including phenoxy) is 4. The number of hydrogen-bond acceptors (Lipinski definition) is 5. The number of carbonyl (C=O) groups is 1. The first-order chi connectivity index (χ1) is 12.7. The number of carbonyl (C=O) groups excluding carboxylic acids is 1. The lowest BCUT2D eigenvalue weighted by Gasteiger charge is -2.15. The van der Waals surface area contributed by atoms with E-state index in [2.05, 4.69) is 0 Å². The number of ketones is 1. The molecular weight excluding hydrogens is 332 g/mol. The van der Waals surface area contributed by atoms with Crippen LogP contribution in [0.5, 0.6) is 23.0 Å². The van der Waals surface area contributed by atoms with Gasteiger partial charge in [-0.2, -0.15) is 0 Å². The van der Waals surface area contributed by atoms with E-state index in [0.29, 0.717) is 60.6 Å². The van der Waals surface area contributed by atoms with Crippen LogP contribution in [-0.4, -0.2) is 32.2 Å². The Morgan fingerprint density at radius 1 is 0.731 bits per heavy atom. The maximum absolute atomic E-state index is 13.1. The molecule has 0 aliphatic rings. The number of benzene rings is 2. The third-order valence-corrected chi connectivity index (χ3v) is 3.62. The van der Waals surface area contributed by atoms with Crippen LogP contribution in [0.1, 0.15) is 43.6 Å². The van der Waals surface area contributed by atoms with E-state index in [1.54, 1.807) is 36.4 Å². The average Bonchev–Trinajstić information content (AvgIpc) is 2.65. The molecule has 0 N–H and O–H groups in total. The first kappa shape index (κ1) is 19.6. The molecule has 0 aliphatic carbocycles. The molecule has 0 saturated heterocycles. The first-order valence-electron chi connectivity index (χ1n) is 8.99. The van der Waals surface area contributed by atoms with E-state index in [4.69, 9.17) is 18.9 Å². The molecule has 0 saturated carbocycles. The molecule has 2 aromatic carbocycles. The van der Waals surface area contributed by atoms with E-state index in [-0.39, 0.29) is 5.78 Å². The van der Waals surface area contributed by atoms with Crippen LogP contribution in [0.3, 0.4) is 0 Å². The Labute approximate surface area is 154 Å². The van der Waals surface area contributed by atoms with Crippen LogP contribution < -0.4 is 18.9 Å². The van der Waals surface area contributed by atoms with E-state index in [9.17, 15) is 4.79 Å². The molecule has 0 amide bonds. The average molecular weight is 358 g/mol. The largest absolute Gasteiger partial charge is 0.490 e. The van der Waals surface area contributed by atoms with Crippen LogP contribution in [-0.2, 0) is 0 Å². The van der Waals surface area contributed by atoms with Gasteiger partial charge in [0.05, 0.1) is 32.0 Å². The monoisotopic (exact) mass is 358 g/mol. The van der Waals surface area contributed by atoms with Crippen molar-refractivity contribution in [3.05, 3.63) is 47.5 Å². The molecular formula is C21H26O5. The highest BCUT2D eigenvalue weighted by Gasteiger charge is 2.20. The summed E-state index contributed by atoms with van der Waals surface area (Å²) in [6, 6.07) is 10.5. The zero-order valence-electron chi connectivity index (χ0n) is 15.8. The second-order valence-corrected chi connectivity index (χ2v) is 5.36. The Hall–Kier alpha value is -2.69. The van der Waals surface area contributed by atoms with Gasteiger partial charge in [-0.25, -0.2) is 0 Å². The summed E-state index contributed by atoms with van der Waals surface area (Å²) in [4.78, 5) is 13.1. The third-order valence-electron chi connectivity index (χ3n) is 3.62. The molecule has 26 heavy (non-hydrogen) atoms. The van der Waals surface area contributed by atoms with Gasteiger partial charge in [0, 0.05) is 5.56 Å². The van der Waals surface area contributed by atoms with Gasteiger partial charge >= 0.3 is 0 Å². The lowest BCUT2D eigenvalue weighted by atomic mass is 10.0. The summed E-state index contributed by atoms with van der Waals surface area (Å²) in [5, 5.41) is 0. The summed E-state index contributed by atoms with van der Waals surface area (Å²) >= 11 is 0. The maximum Gasteiger partial charge on any atom is 0.197 e. The minimum absolute atomic E-state index is 0.154. The van der Waals surface area contributed by atoms with Crippen LogP contribution in [0, 0.1) is 0 Å². The fourth-order valence-electron chi connectivity index (χ4n) is 2.60. The van der Waals surface area contributed by atoms with Crippen molar-refractivity contribution in [2.75, 3.05) is 26.4 Å². The van der Waals surface area contributed by atoms with Crippen LogP contribution in [0.15, 0.2) is 36.4 Å². The lowest BCUT2D eigenvalue weighted by Crippen LogP contribution is -2.08. The summed E-state index contributed by atoms with van der Waals surface area (Å²) in [6.45, 7) is 9.52. The van der Waals surface area contributed by atoms with Crippen molar-refractivity contribution in [2.45, 2.75) is 27.7 Å². The molecule has 5 heteroatoms. The third kappa shape index (κ3) is 4.48. The first-order valence-corrected chi connectivity index (χ1v) is 8.99. The van der Waals surface area contributed by atoms with E-state index < -0.39 is 0 Å². The van der Waals surface area contributed by atoms with E-state index in [1.165, 1.54) is 0 Å². The van der Waals surface area contributed by atoms with Gasteiger partial charge < -0.3 is 18.9 Å². The molecule has 2 aromatic rings. The SMILES string of the molecule is CCOc1ccc(C(=O)c2cccc(OCC)c2OCC)cc1OCC. The van der Waals surface area contributed by atoms with Gasteiger partial charge in [-0.1, -0.05) is 6.07 Å². The molecule has 0 fully saturated rings. The molecule has 0 spiro atoms. The highest BCUT2D eigenvalue weighted by molar-refractivity contribution is 6.11. The minimum Gasteiger partial charge on any atom is -0.490 e. The molecule has 2 rings (SSSR count). The van der Waals surface area contributed by atoms with Gasteiger partial charge in [0.15, 0.2) is 28.8 Å². The van der Waals surface area contributed by atoms with Gasteiger partial charge in [-0.15, -0.1) is 0 Å². The fourth-order valence-corrected chi connectivity index (χ4v) is 2.60. The van der Waals surface area contributed by atoms with Gasteiger partial charge in [-0.05, 0) is 58.0 Å². The van der Waals surface area contributed by atoms with E-state index in [1.807, 2.05) is 27.7 Å². The van der Waals surface area contributed by atoms with Crippen LogP contribution >= 0.6 is 0 Å². The highest BCUT2D eigenvalue weighted by Crippen LogP contribution is 2.35. The number of para-hydroxylation sites is 1.